The van der Waals surface area contributed by atoms with E-state index in [0.717, 1.165) is 47.9 Å². The average molecular weight is 391 g/mol. The molecule has 0 saturated carbocycles. The van der Waals surface area contributed by atoms with Gasteiger partial charge in [0.1, 0.15) is 11.3 Å². The van der Waals surface area contributed by atoms with Crippen molar-refractivity contribution in [1.82, 2.24) is 9.88 Å². The third-order valence-corrected chi connectivity index (χ3v) is 6.16. The Morgan fingerprint density at radius 1 is 1.33 bits per heavy atom. The van der Waals surface area contributed by atoms with Crippen molar-refractivity contribution in [2.45, 2.75) is 38.5 Å². The van der Waals surface area contributed by atoms with Crippen LogP contribution in [0.15, 0.2) is 12.1 Å². The lowest BCUT2D eigenvalue weighted by Gasteiger charge is -2.37. The Labute approximate surface area is 162 Å². The van der Waals surface area contributed by atoms with Crippen molar-refractivity contribution in [3.8, 4) is 5.75 Å². The summed E-state index contributed by atoms with van der Waals surface area (Å²) in [6.07, 6.45) is 0.573. The molecule has 2 aliphatic heterocycles. The molecule has 2 saturated heterocycles. The topological polar surface area (TPSA) is 75.1 Å². The Hall–Kier alpha value is -1.90. The number of hydrogen-bond acceptors (Lipinski definition) is 8. The van der Waals surface area contributed by atoms with E-state index in [1.165, 1.54) is 7.11 Å². The second-order valence-corrected chi connectivity index (χ2v) is 8.47. The fraction of sp³-hybridized carbons (Fsp3) is 0.579. The zero-order valence-electron chi connectivity index (χ0n) is 15.8. The van der Waals surface area contributed by atoms with Crippen molar-refractivity contribution < 1.29 is 19.4 Å². The van der Waals surface area contributed by atoms with Crippen LogP contribution in [0, 0.1) is 0 Å². The number of aromatic nitrogens is 1. The summed E-state index contributed by atoms with van der Waals surface area (Å²) in [4.78, 5) is 21.5. The molecule has 7 nitrogen and oxygen atoms in total. The first-order chi connectivity index (χ1) is 12.9. The number of hydrogen-bond donors (Lipinski definition) is 1. The van der Waals surface area contributed by atoms with Crippen LogP contribution in [0.2, 0.25) is 0 Å². The number of carbonyl (C=O) groups is 1. The number of fused-ring (bicyclic) bond motifs is 2. The van der Waals surface area contributed by atoms with Gasteiger partial charge in [0.2, 0.25) is 0 Å². The first-order valence-corrected chi connectivity index (χ1v) is 10.1. The maximum absolute atomic E-state index is 12.0. The minimum Gasteiger partial charge on any atom is -0.489 e. The first-order valence-electron chi connectivity index (χ1n) is 9.31. The van der Waals surface area contributed by atoms with E-state index in [1.54, 1.807) is 17.4 Å². The van der Waals surface area contributed by atoms with Gasteiger partial charge >= 0.3 is 5.97 Å². The minimum atomic E-state index is -0.381. The zero-order chi connectivity index (χ0) is 19.1. The fourth-order valence-corrected chi connectivity index (χ4v) is 4.95. The summed E-state index contributed by atoms with van der Waals surface area (Å²) in [5.41, 5.74) is 1.25. The second-order valence-electron chi connectivity index (χ2n) is 7.46. The molecule has 4 rings (SSSR count). The van der Waals surface area contributed by atoms with Gasteiger partial charge in [-0.3, -0.25) is 4.90 Å². The summed E-state index contributed by atoms with van der Waals surface area (Å²) >= 11 is 1.57. The van der Waals surface area contributed by atoms with E-state index in [9.17, 15) is 9.90 Å². The molecule has 1 N–H and O–H groups in total. The van der Waals surface area contributed by atoms with E-state index in [4.69, 9.17) is 14.5 Å². The second kappa shape index (κ2) is 7.26. The molecule has 3 heterocycles. The number of ether oxygens (including phenoxy) is 2. The summed E-state index contributed by atoms with van der Waals surface area (Å²) in [6, 6.07) is 3.91. The summed E-state index contributed by atoms with van der Waals surface area (Å²) in [6.45, 7) is 7.35. The molecule has 1 unspecified atom stereocenters. The van der Waals surface area contributed by atoms with E-state index in [2.05, 4.69) is 9.80 Å². The Kier molecular flexibility index (Phi) is 4.96. The molecule has 2 aromatic rings. The standard InChI is InChI=1S/C19H25N3O4S/c1-11(2)26-15-6-12(18(24)25-3)7-16-17(15)20-19(27-16)22-5-4-21-10-14(23)8-13(21)9-22/h6-7,11,13-14,23H,4-5,8-10H2,1-3H3/t13?,14-/m0/s1. The number of piperazine rings is 1. The Bertz CT molecular complexity index is 853. The smallest absolute Gasteiger partial charge is 0.338 e. The molecule has 1 aromatic carbocycles. The highest BCUT2D eigenvalue weighted by atomic mass is 32.1. The van der Waals surface area contributed by atoms with E-state index in [0.29, 0.717) is 17.4 Å². The Morgan fingerprint density at radius 2 is 2.15 bits per heavy atom. The number of esters is 1. The van der Waals surface area contributed by atoms with Crippen LogP contribution in [0.5, 0.6) is 5.75 Å². The third kappa shape index (κ3) is 3.61. The Morgan fingerprint density at radius 3 is 2.89 bits per heavy atom. The molecular formula is C19H25N3O4S. The van der Waals surface area contributed by atoms with Crippen LogP contribution < -0.4 is 9.64 Å². The van der Waals surface area contributed by atoms with Crippen molar-refractivity contribution in [2.24, 2.45) is 0 Å². The van der Waals surface area contributed by atoms with Gasteiger partial charge in [0, 0.05) is 32.2 Å². The van der Waals surface area contributed by atoms with Crippen molar-refractivity contribution in [3.05, 3.63) is 17.7 Å². The molecule has 8 heteroatoms. The molecule has 0 aliphatic carbocycles. The summed E-state index contributed by atoms with van der Waals surface area (Å²) < 4.78 is 11.7. The predicted octanol–water partition coefficient (Wildman–Crippen LogP) is 2.13. The van der Waals surface area contributed by atoms with E-state index < -0.39 is 0 Å². The van der Waals surface area contributed by atoms with E-state index >= 15 is 0 Å². The van der Waals surface area contributed by atoms with E-state index in [-0.39, 0.29) is 18.2 Å². The summed E-state index contributed by atoms with van der Waals surface area (Å²) in [5, 5.41) is 10.9. The molecule has 1 aromatic heterocycles. The molecule has 146 valence electrons. The van der Waals surface area contributed by atoms with Gasteiger partial charge in [-0.2, -0.15) is 0 Å². The molecule has 2 aliphatic rings. The first kappa shape index (κ1) is 18.5. The number of thiazole rings is 1. The lowest BCUT2D eigenvalue weighted by Crippen LogP contribution is -2.50. The quantitative estimate of drug-likeness (QED) is 0.800. The van der Waals surface area contributed by atoms with Gasteiger partial charge in [-0.25, -0.2) is 9.78 Å². The monoisotopic (exact) mass is 391 g/mol. The molecule has 0 amide bonds. The highest BCUT2D eigenvalue weighted by molar-refractivity contribution is 7.22. The fourth-order valence-electron chi connectivity index (χ4n) is 3.89. The predicted molar refractivity (Wildman–Crippen MR) is 105 cm³/mol. The van der Waals surface area contributed by atoms with E-state index in [1.807, 2.05) is 19.9 Å². The molecule has 27 heavy (non-hydrogen) atoms. The van der Waals surface area contributed by atoms with Gasteiger partial charge in [0.25, 0.3) is 0 Å². The maximum Gasteiger partial charge on any atom is 0.338 e. The molecule has 0 radical (unpaired) electrons. The zero-order valence-corrected chi connectivity index (χ0v) is 16.7. The van der Waals surface area contributed by atoms with Crippen LogP contribution in [0.25, 0.3) is 10.2 Å². The summed E-state index contributed by atoms with van der Waals surface area (Å²) in [7, 11) is 1.38. The number of rotatable bonds is 4. The Balaban J connectivity index is 1.67. The van der Waals surface area contributed by atoms with Crippen LogP contribution in [0.3, 0.4) is 0 Å². The van der Waals surface area contributed by atoms with Gasteiger partial charge < -0.3 is 19.5 Å². The number of nitrogens with zero attached hydrogens (tertiary/aromatic N) is 3. The molecule has 0 spiro atoms. The van der Waals surface area contributed by atoms with Crippen LogP contribution in [-0.2, 0) is 4.74 Å². The maximum atomic E-state index is 12.0. The largest absolute Gasteiger partial charge is 0.489 e. The van der Waals surface area contributed by atoms with Gasteiger partial charge in [-0.1, -0.05) is 11.3 Å². The van der Waals surface area contributed by atoms with Gasteiger partial charge in [-0.15, -0.1) is 0 Å². The number of benzene rings is 1. The highest BCUT2D eigenvalue weighted by Gasteiger charge is 2.36. The SMILES string of the molecule is COC(=O)c1cc(OC(C)C)c2nc(N3CCN4C[C@@H](O)CC4C3)sc2c1. The number of aliphatic hydroxyl groups is 1. The summed E-state index contributed by atoms with van der Waals surface area (Å²) in [5.74, 6) is 0.231. The minimum absolute atomic E-state index is 0.0187. The van der Waals surface area contributed by atoms with Crippen LogP contribution >= 0.6 is 11.3 Å². The lowest BCUT2D eigenvalue weighted by atomic mass is 10.1. The lowest BCUT2D eigenvalue weighted by molar-refractivity contribution is 0.0600. The van der Waals surface area contributed by atoms with Crippen molar-refractivity contribution in [1.29, 1.82) is 0 Å². The number of methoxy groups -OCH3 is 1. The molecular weight excluding hydrogens is 366 g/mol. The number of aliphatic hydroxyl groups excluding tert-OH is 1. The van der Waals surface area contributed by atoms with Crippen LogP contribution in [-0.4, -0.2) is 72.5 Å². The normalized spacial score (nSPS) is 23.1. The van der Waals surface area contributed by atoms with Crippen molar-refractivity contribution >= 4 is 32.7 Å². The van der Waals surface area contributed by atoms with Crippen LogP contribution in [0.1, 0.15) is 30.6 Å². The number of carbonyl (C=O) groups excluding carboxylic acids is 1. The average Bonchev–Trinajstić information content (AvgIpc) is 3.22. The molecule has 0 bridgehead atoms. The van der Waals surface area contributed by atoms with Crippen molar-refractivity contribution in [3.63, 3.8) is 0 Å². The van der Waals surface area contributed by atoms with Crippen LogP contribution in [0.4, 0.5) is 5.13 Å². The molecule has 2 atom stereocenters. The number of anilines is 1. The highest BCUT2D eigenvalue weighted by Crippen LogP contribution is 2.37. The van der Waals surface area contributed by atoms with Gasteiger partial charge in [-0.05, 0) is 32.4 Å². The molecule has 2 fully saturated rings. The van der Waals surface area contributed by atoms with Crippen molar-refractivity contribution in [2.75, 3.05) is 38.2 Å². The third-order valence-electron chi connectivity index (χ3n) is 5.10. The van der Waals surface area contributed by atoms with Gasteiger partial charge in [0.15, 0.2) is 5.13 Å². The van der Waals surface area contributed by atoms with Gasteiger partial charge in [0.05, 0.1) is 29.6 Å².